The lowest BCUT2D eigenvalue weighted by Gasteiger charge is -2.38. The second-order valence-corrected chi connectivity index (χ2v) is 23.3. The van der Waals surface area contributed by atoms with Crippen LogP contribution in [0.15, 0.2) is 26.8 Å². The summed E-state index contributed by atoms with van der Waals surface area (Å²) in [6.45, 7) is 11.2. The molecule has 3 aromatic rings. The highest BCUT2D eigenvalue weighted by molar-refractivity contribution is 8.00. The van der Waals surface area contributed by atoms with Crippen LogP contribution in [-0.4, -0.2) is 78.1 Å². The van der Waals surface area contributed by atoms with Gasteiger partial charge < -0.3 is 20.0 Å². The number of carboxylic acid groups (broad SMARTS) is 1. The molecule has 4 N–H and O–H groups in total. The van der Waals surface area contributed by atoms with E-state index in [2.05, 4.69) is 5.32 Å². The fourth-order valence-electron chi connectivity index (χ4n) is 9.67. The molecule has 16 nitrogen and oxygen atoms in total. The zero-order valence-electron chi connectivity index (χ0n) is 36.4. The highest BCUT2D eigenvalue weighted by Crippen LogP contribution is 2.54. The van der Waals surface area contributed by atoms with Crippen molar-refractivity contribution >= 4 is 108 Å². The van der Waals surface area contributed by atoms with Crippen LogP contribution in [0.1, 0.15) is 130 Å². The van der Waals surface area contributed by atoms with Crippen LogP contribution in [0, 0.1) is 10.8 Å². The Morgan fingerprint density at radius 3 is 2.12 bits per heavy atom. The first-order valence-corrected chi connectivity index (χ1v) is 25.7. The van der Waals surface area contributed by atoms with Crippen LogP contribution >= 0.6 is 46.6 Å². The Morgan fingerprint density at radius 2 is 1.52 bits per heavy atom. The first-order chi connectivity index (χ1) is 30.5. The number of benzene rings is 3. The Kier molecular flexibility index (Phi) is 13.3. The van der Waals surface area contributed by atoms with Gasteiger partial charge in [-0.3, -0.25) is 23.5 Å². The Hall–Kier alpha value is -4.21. The number of nitrogens with zero attached hydrogens (tertiary/aromatic N) is 1. The van der Waals surface area contributed by atoms with Crippen LogP contribution in [0.5, 0.6) is 11.5 Å². The topological polar surface area (TPSA) is 248 Å². The van der Waals surface area contributed by atoms with Gasteiger partial charge in [-0.1, -0.05) is 82.4 Å². The van der Waals surface area contributed by atoms with Gasteiger partial charge in [0.15, 0.2) is 11.5 Å². The lowest BCUT2D eigenvalue weighted by molar-refractivity contribution is -0.197. The van der Waals surface area contributed by atoms with Gasteiger partial charge in [-0.2, -0.15) is 16.8 Å². The van der Waals surface area contributed by atoms with Crippen molar-refractivity contribution in [2.45, 2.75) is 113 Å². The van der Waals surface area contributed by atoms with Gasteiger partial charge in [0.1, 0.15) is 9.79 Å². The Balaban J connectivity index is 1.43. The number of carbonyl (C=O) groups excluding carboxylic acids is 4. The lowest BCUT2D eigenvalue weighted by atomic mass is 9.69. The molecule has 1 fully saturated rings. The molecule has 2 heterocycles. The number of amides is 3. The maximum absolute atomic E-state index is 13.7. The average molecular weight is 1030 g/mol. The van der Waals surface area contributed by atoms with Crippen molar-refractivity contribution < 1.29 is 64.6 Å². The van der Waals surface area contributed by atoms with Crippen molar-refractivity contribution in [1.82, 2.24) is 10.4 Å². The number of thioether (sulfide) groups is 1. The lowest BCUT2D eigenvalue weighted by Crippen LogP contribution is -2.35. The third kappa shape index (κ3) is 9.33. The monoisotopic (exact) mass is 1030 g/mol. The summed E-state index contributed by atoms with van der Waals surface area (Å²) in [6.07, 6.45) is 2.55. The average Bonchev–Trinajstić information content (AvgIpc) is 3.49. The number of carboxylic acids is 1. The normalized spacial score (nSPS) is 19.5. The molecule has 3 aromatic carbocycles. The largest absolute Gasteiger partial charge is 0.478 e. The van der Waals surface area contributed by atoms with E-state index in [0.29, 0.717) is 29.0 Å². The van der Waals surface area contributed by atoms with Crippen LogP contribution < -0.4 is 20.5 Å². The molecule has 2 aliphatic carbocycles. The number of halogens is 3. The van der Waals surface area contributed by atoms with E-state index in [0.717, 1.165) is 11.8 Å². The minimum Gasteiger partial charge on any atom is -0.478 e. The van der Waals surface area contributed by atoms with Crippen molar-refractivity contribution in [3.8, 4) is 11.5 Å². The minimum absolute atomic E-state index is 0.0449. The smallest absolute Gasteiger partial charge is 0.337 e. The van der Waals surface area contributed by atoms with Crippen LogP contribution in [-0.2, 0) is 50.7 Å². The van der Waals surface area contributed by atoms with Crippen molar-refractivity contribution in [1.29, 1.82) is 0 Å². The third-order valence-corrected chi connectivity index (χ3v) is 16.5. The molecule has 354 valence electrons. The van der Waals surface area contributed by atoms with Gasteiger partial charge in [0.25, 0.3) is 32.1 Å². The standard InChI is InChI=1S/C44H45Cl3N2O14S3/c1-19-14-43(3,4)16-25-21(19)12-23-31(24-13-22-20(2)15-44(5,6)17-26(22)41(66(59,60)61)38(24)62-37(23)40(25)65(56,57)58)32-33(42(54)55)34(45)36(47)39(35(32)46)64-18-27(50)48-11-7-8-30(53)63-49-28(51)9-10-29(49)52/h12-13,16,19-20H,7-11,14-15,17-18H2,1-6H3,(H,48,50)(H,54,55)(H,56,57,58)(H,59,60,61). The first kappa shape index (κ1) is 49.7. The van der Waals surface area contributed by atoms with E-state index >= 15 is 0 Å². The second kappa shape index (κ2) is 17.7. The third-order valence-electron chi connectivity index (χ3n) is 12.1. The van der Waals surface area contributed by atoms with E-state index in [1.165, 1.54) is 0 Å². The summed E-state index contributed by atoms with van der Waals surface area (Å²) in [6, 6.07) is 3.18. The number of carbonyl (C=O) groups is 5. The molecule has 3 amide bonds. The van der Waals surface area contributed by atoms with Crippen molar-refractivity contribution in [2.75, 3.05) is 12.3 Å². The molecule has 2 atom stereocenters. The van der Waals surface area contributed by atoms with E-state index in [9.17, 15) is 55.0 Å². The number of hydrogen-bond donors (Lipinski definition) is 4. The number of nitrogens with one attached hydrogen (secondary N) is 1. The fourth-order valence-corrected chi connectivity index (χ4v) is 13.4. The molecule has 2 aliphatic heterocycles. The maximum atomic E-state index is 13.7. The van der Waals surface area contributed by atoms with Crippen LogP contribution in [0.25, 0.3) is 11.6 Å². The van der Waals surface area contributed by atoms with Crippen molar-refractivity contribution in [3.63, 3.8) is 0 Å². The number of rotatable bonds is 12. The zero-order valence-corrected chi connectivity index (χ0v) is 41.1. The molecule has 2 unspecified atom stereocenters. The van der Waals surface area contributed by atoms with Gasteiger partial charge in [0.05, 0.1) is 26.4 Å². The Labute approximate surface area is 399 Å². The molecule has 4 aliphatic rings. The molecule has 0 bridgehead atoms. The first-order valence-electron chi connectivity index (χ1n) is 20.7. The van der Waals surface area contributed by atoms with Crippen LogP contribution in [0.4, 0.5) is 0 Å². The van der Waals surface area contributed by atoms with Gasteiger partial charge in [-0.25, -0.2) is 9.59 Å². The van der Waals surface area contributed by atoms with E-state index in [1.807, 2.05) is 41.5 Å². The number of aromatic carboxylic acids is 1. The number of hydroxylamine groups is 2. The summed E-state index contributed by atoms with van der Waals surface area (Å²) in [5.74, 6) is -6.59. The maximum Gasteiger partial charge on any atom is 0.337 e. The number of ether oxygens (including phenoxy) is 1. The SMILES string of the molecule is CC1CC(C)(C)Cc2c1cc1c(c2S(=O)(=O)O)Oc2c(S(=O)(=O)O)c3c(cc2=C1c1c(Cl)c(SCC(=O)NCCCC(=O)ON2C(=O)CCC2=O)c(Cl)c(Cl)c1C(=O)O)C(C)CC(C)(C)C=3. The van der Waals surface area contributed by atoms with Gasteiger partial charge in [0.2, 0.25) is 5.91 Å². The molecule has 0 spiro atoms. The van der Waals surface area contributed by atoms with Crippen molar-refractivity contribution in [3.05, 3.63) is 71.0 Å². The van der Waals surface area contributed by atoms with E-state index < -0.39 is 98.4 Å². The molecular weight excluding hydrogens is 983 g/mol. The summed E-state index contributed by atoms with van der Waals surface area (Å²) < 4.78 is 83.3. The number of hydrogen-bond acceptors (Lipinski definition) is 12. The summed E-state index contributed by atoms with van der Waals surface area (Å²) in [5, 5.41) is 12.6. The Morgan fingerprint density at radius 1 is 0.894 bits per heavy atom. The minimum atomic E-state index is -5.24. The highest BCUT2D eigenvalue weighted by atomic mass is 35.5. The van der Waals surface area contributed by atoms with Gasteiger partial charge >= 0.3 is 11.9 Å². The van der Waals surface area contributed by atoms with E-state index in [-0.39, 0.29) is 98.1 Å². The quantitative estimate of drug-likeness (QED) is 0.0361. The van der Waals surface area contributed by atoms with E-state index in [1.54, 1.807) is 18.2 Å². The number of fused-ring (bicyclic) bond motifs is 4. The Bertz CT molecular complexity index is 3050. The molecule has 0 aromatic heterocycles. The van der Waals surface area contributed by atoms with Crippen LogP contribution in [0.3, 0.4) is 0 Å². The van der Waals surface area contributed by atoms with Crippen molar-refractivity contribution in [2.24, 2.45) is 10.8 Å². The summed E-state index contributed by atoms with van der Waals surface area (Å²) in [4.78, 5) is 65.7. The van der Waals surface area contributed by atoms with Crippen LogP contribution in [0.2, 0.25) is 15.1 Å². The van der Waals surface area contributed by atoms with Gasteiger partial charge in [-0.05, 0) is 82.4 Å². The predicted octanol–water partition coefficient (Wildman–Crippen LogP) is 7.18. The summed E-state index contributed by atoms with van der Waals surface area (Å²) >= 11 is 21.6. The fraction of sp³-hybridized carbons (Fsp3) is 0.432. The zero-order chi connectivity index (χ0) is 48.7. The molecule has 7 rings (SSSR count). The molecule has 0 saturated carbocycles. The van der Waals surface area contributed by atoms with E-state index in [4.69, 9.17) is 44.4 Å². The molecule has 66 heavy (non-hydrogen) atoms. The van der Waals surface area contributed by atoms with Gasteiger partial charge in [-0.15, -0.1) is 16.8 Å². The second-order valence-electron chi connectivity index (χ2n) is 18.5. The van der Waals surface area contributed by atoms with Gasteiger partial charge in [0, 0.05) is 52.6 Å². The predicted molar refractivity (Wildman–Crippen MR) is 244 cm³/mol. The number of imide groups is 1. The highest BCUT2D eigenvalue weighted by Gasteiger charge is 2.43. The molecule has 1 saturated heterocycles. The molecular formula is C44H45Cl3N2O14S3. The summed E-state index contributed by atoms with van der Waals surface area (Å²) in [7, 11) is -10.5. The molecule has 0 radical (unpaired) electrons. The molecule has 22 heteroatoms. The summed E-state index contributed by atoms with van der Waals surface area (Å²) in [5.41, 5.74) is -1.29.